The van der Waals surface area contributed by atoms with Crippen LogP contribution in [0.1, 0.15) is 20.0 Å². The molecule has 28 heavy (non-hydrogen) atoms. The third-order valence-electron chi connectivity index (χ3n) is 3.93. The van der Waals surface area contributed by atoms with Gasteiger partial charge in [0, 0.05) is 10.7 Å². The van der Waals surface area contributed by atoms with Crippen LogP contribution in [0, 0.1) is 5.82 Å². The molecule has 3 N–H and O–H groups in total. The lowest BCUT2D eigenvalue weighted by Gasteiger charge is -2.04. The molecule has 0 saturated heterocycles. The molecule has 2 aromatic heterocycles. The van der Waals surface area contributed by atoms with Crippen molar-refractivity contribution in [3.63, 3.8) is 0 Å². The summed E-state index contributed by atoms with van der Waals surface area (Å²) in [6.07, 6.45) is 0. The Labute approximate surface area is 167 Å². The van der Waals surface area contributed by atoms with E-state index in [1.807, 2.05) is 0 Å². The highest BCUT2D eigenvalue weighted by Crippen LogP contribution is 2.30. The second-order valence-electron chi connectivity index (χ2n) is 5.82. The van der Waals surface area contributed by atoms with E-state index in [1.54, 1.807) is 36.4 Å². The van der Waals surface area contributed by atoms with Gasteiger partial charge < -0.3 is 10.6 Å². The average molecular weight is 415 g/mol. The fourth-order valence-electron chi connectivity index (χ4n) is 2.57. The lowest BCUT2D eigenvalue weighted by molar-refractivity contribution is 0.101. The fourth-order valence-corrected chi connectivity index (χ4v) is 3.59. The number of nitrogens with zero attached hydrogens (tertiary/aromatic N) is 1. The summed E-state index contributed by atoms with van der Waals surface area (Å²) < 4.78 is 13.8. The molecule has 140 valence electrons. The first-order valence-corrected chi connectivity index (χ1v) is 9.31. The number of aromatic amines is 1. The van der Waals surface area contributed by atoms with Gasteiger partial charge in [-0.2, -0.15) is 5.10 Å². The van der Waals surface area contributed by atoms with E-state index in [1.165, 1.54) is 29.5 Å². The molecule has 4 rings (SSSR count). The predicted octanol–water partition coefficient (Wildman–Crippen LogP) is 4.92. The van der Waals surface area contributed by atoms with E-state index in [0.717, 1.165) is 0 Å². The fraction of sp³-hybridized carbons (Fsp3) is 0. The summed E-state index contributed by atoms with van der Waals surface area (Å²) in [5.74, 6) is -1.32. The Kier molecular flexibility index (Phi) is 4.81. The Hall–Kier alpha value is -3.23. The molecule has 9 heteroatoms. The van der Waals surface area contributed by atoms with Crippen molar-refractivity contribution in [2.24, 2.45) is 0 Å². The van der Waals surface area contributed by atoms with Crippen LogP contribution in [0.25, 0.3) is 10.2 Å². The van der Waals surface area contributed by atoms with Crippen LogP contribution < -0.4 is 10.6 Å². The van der Waals surface area contributed by atoms with Crippen molar-refractivity contribution in [3.8, 4) is 0 Å². The number of hydrogen-bond acceptors (Lipinski definition) is 4. The lowest BCUT2D eigenvalue weighted by Crippen LogP contribution is -2.14. The number of H-pyrrole nitrogens is 1. The molecule has 0 aliphatic heterocycles. The SMILES string of the molecule is O=C(Nc1ccc(Cl)cc1)c1cc2c(NC(=O)c3ccccc3F)n[nH]c2s1. The summed E-state index contributed by atoms with van der Waals surface area (Å²) in [6.45, 7) is 0. The molecule has 6 nitrogen and oxygen atoms in total. The Bertz CT molecular complexity index is 1190. The normalized spacial score (nSPS) is 10.8. The van der Waals surface area contributed by atoms with Crippen LogP contribution in [0.15, 0.2) is 54.6 Å². The number of amides is 2. The number of hydrogen-bond donors (Lipinski definition) is 3. The number of rotatable bonds is 4. The van der Waals surface area contributed by atoms with Crippen LogP contribution in [-0.4, -0.2) is 22.0 Å². The van der Waals surface area contributed by atoms with Gasteiger partial charge in [-0.25, -0.2) is 4.39 Å². The highest BCUT2D eigenvalue weighted by Gasteiger charge is 2.18. The zero-order valence-corrected chi connectivity index (χ0v) is 15.7. The van der Waals surface area contributed by atoms with E-state index in [4.69, 9.17) is 11.6 Å². The third kappa shape index (κ3) is 3.60. The van der Waals surface area contributed by atoms with E-state index in [2.05, 4.69) is 20.8 Å². The average Bonchev–Trinajstić information content (AvgIpc) is 3.26. The first-order valence-electron chi connectivity index (χ1n) is 8.12. The number of carbonyl (C=O) groups is 2. The molecule has 0 aliphatic carbocycles. The third-order valence-corrected chi connectivity index (χ3v) is 5.22. The van der Waals surface area contributed by atoms with Crippen LogP contribution >= 0.6 is 22.9 Å². The van der Waals surface area contributed by atoms with Gasteiger partial charge in [0.05, 0.1) is 15.8 Å². The van der Waals surface area contributed by atoms with Crippen LogP contribution in [0.5, 0.6) is 0 Å². The molecule has 0 bridgehead atoms. The van der Waals surface area contributed by atoms with Crippen molar-refractivity contribution in [3.05, 3.63) is 75.9 Å². The Morgan fingerprint density at radius 2 is 1.79 bits per heavy atom. The number of thiophene rings is 1. The molecule has 0 atom stereocenters. The maximum Gasteiger partial charge on any atom is 0.265 e. The second-order valence-corrected chi connectivity index (χ2v) is 7.31. The first kappa shape index (κ1) is 18.1. The minimum absolute atomic E-state index is 0.0883. The minimum atomic E-state index is -0.625. The highest BCUT2D eigenvalue weighted by molar-refractivity contribution is 7.20. The summed E-state index contributed by atoms with van der Waals surface area (Å²) in [7, 11) is 0. The van der Waals surface area contributed by atoms with Crippen LogP contribution in [0.3, 0.4) is 0 Å². The molecule has 2 aromatic carbocycles. The van der Waals surface area contributed by atoms with Gasteiger partial charge in [0.15, 0.2) is 5.82 Å². The van der Waals surface area contributed by atoms with E-state index in [9.17, 15) is 14.0 Å². The number of fused-ring (bicyclic) bond motifs is 1. The smallest absolute Gasteiger partial charge is 0.265 e. The Morgan fingerprint density at radius 1 is 1.04 bits per heavy atom. The molecule has 4 aromatic rings. The second kappa shape index (κ2) is 7.41. The Morgan fingerprint density at radius 3 is 2.54 bits per heavy atom. The predicted molar refractivity (Wildman–Crippen MR) is 108 cm³/mol. The molecule has 0 aliphatic rings. The largest absolute Gasteiger partial charge is 0.321 e. The summed E-state index contributed by atoms with van der Waals surface area (Å²) in [4.78, 5) is 25.8. The van der Waals surface area contributed by atoms with E-state index < -0.39 is 11.7 Å². The van der Waals surface area contributed by atoms with E-state index in [0.29, 0.717) is 25.8 Å². The van der Waals surface area contributed by atoms with Gasteiger partial charge >= 0.3 is 0 Å². The molecule has 0 spiro atoms. The summed E-state index contributed by atoms with van der Waals surface area (Å²) >= 11 is 7.03. The van der Waals surface area contributed by atoms with Gasteiger partial charge in [0.2, 0.25) is 0 Å². The number of carbonyl (C=O) groups excluding carboxylic acids is 2. The van der Waals surface area contributed by atoms with Gasteiger partial charge in [-0.05, 0) is 42.5 Å². The zero-order chi connectivity index (χ0) is 19.7. The molecule has 0 saturated carbocycles. The summed E-state index contributed by atoms with van der Waals surface area (Å²) in [5, 5.41) is 13.3. The molecule has 2 heterocycles. The van der Waals surface area contributed by atoms with Crippen molar-refractivity contribution in [2.75, 3.05) is 10.6 Å². The quantitative estimate of drug-likeness (QED) is 0.443. The van der Waals surface area contributed by atoms with Crippen LogP contribution in [-0.2, 0) is 0 Å². The first-order chi connectivity index (χ1) is 13.5. The van der Waals surface area contributed by atoms with Crippen LogP contribution in [0.2, 0.25) is 5.02 Å². The molecule has 0 radical (unpaired) electrons. The number of benzene rings is 2. The van der Waals surface area contributed by atoms with Crippen molar-refractivity contribution in [1.29, 1.82) is 0 Å². The van der Waals surface area contributed by atoms with Gasteiger partial charge in [-0.3, -0.25) is 14.7 Å². The van der Waals surface area contributed by atoms with Crippen LogP contribution in [0.4, 0.5) is 15.9 Å². The number of aromatic nitrogens is 2. The number of anilines is 2. The standard InChI is InChI=1S/C19H12ClFN4O2S/c20-10-5-7-11(8-6-10)22-18(27)15-9-13-16(24-25-19(13)28-15)23-17(26)12-3-1-2-4-14(12)21/h1-9H,(H,22,27)(H2,23,24,25,26). The molecule has 0 unspecified atom stereocenters. The highest BCUT2D eigenvalue weighted by atomic mass is 35.5. The monoisotopic (exact) mass is 414 g/mol. The summed E-state index contributed by atoms with van der Waals surface area (Å²) in [5.41, 5.74) is 0.521. The van der Waals surface area contributed by atoms with Gasteiger partial charge in [-0.15, -0.1) is 11.3 Å². The zero-order valence-electron chi connectivity index (χ0n) is 14.1. The van der Waals surface area contributed by atoms with Crippen molar-refractivity contribution >= 4 is 56.5 Å². The maximum atomic E-state index is 13.8. The number of nitrogens with one attached hydrogen (secondary N) is 3. The van der Waals surface area contributed by atoms with E-state index in [-0.39, 0.29) is 17.3 Å². The minimum Gasteiger partial charge on any atom is -0.321 e. The topological polar surface area (TPSA) is 86.9 Å². The number of halogens is 2. The molecular weight excluding hydrogens is 403 g/mol. The summed E-state index contributed by atoms with van der Waals surface area (Å²) in [6, 6.07) is 14.0. The maximum absolute atomic E-state index is 13.8. The lowest BCUT2D eigenvalue weighted by atomic mass is 10.2. The molecule has 0 fully saturated rings. The van der Waals surface area contributed by atoms with Crippen molar-refractivity contribution < 1.29 is 14.0 Å². The van der Waals surface area contributed by atoms with Gasteiger partial charge in [0.25, 0.3) is 11.8 Å². The van der Waals surface area contributed by atoms with Gasteiger partial charge in [0.1, 0.15) is 10.6 Å². The molecular formula is C19H12ClFN4O2S. The van der Waals surface area contributed by atoms with E-state index >= 15 is 0 Å². The van der Waals surface area contributed by atoms with Crippen molar-refractivity contribution in [1.82, 2.24) is 10.2 Å². The van der Waals surface area contributed by atoms with Crippen molar-refractivity contribution in [2.45, 2.75) is 0 Å². The van der Waals surface area contributed by atoms with Gasteiger partial charge in [-0.1, -0.05) is 23.7 Å². The Balaban J connectivity index is 1.55. The molecule has 2 amide bonds.